The van der Waals surface area contributed by atoms with E-state index in [0.29, 0.717) is 5.76 Å². The lowest BCUT2D eigenvalue weighted by Gasteiger charge is -1.96. The largest absolute Gasteiger partial charge is 0.455 e. The number of carbonyl (C=O) groups is 1. The Bertz CT molecular complexity index is 590. The van der Waals surface area contributed by atoms with Crippen LogP contribution < -0.4 is 5.43 Å². The molecule has 0 radical (unpaired) electrons. The molecule has 0 saturated heterocycles. The summed E-state index contributed by atoms with van der Waals surface area (Å²) in [6.07, 6.45) is 0.773. The summed E-state index contributed by atoms with van der Waals surface area (Å²) < 4.78 is 10.9. The second kappa shape index (κ2) is 6.19. The molecule has 1 heterocycles. The summed E-state index contributed by atoms with van der Waals surface area (Å²) >= 11 is 3.37. The van der Waals surface area contributed by atoms with E-state index in [1.807, 2.05) is 30.3 Å². The van der Waals surface area contributed by atoms with Gasteiger partial charge in [-0.15, -0.1) is 0 Å². The number of hydrogen-bond acceptors (Lipinski definition) is 4. The van der Waals surface area contributed by atoms with Gasteiger partial charge in [0.25, 0.3) is 0 Å². The van der Waals surface area contributed by atoms with Crippen LogP contribution in [0.15, 0.2) is 50.4 Å². The van der Waals surface area contributed by atoms with Crippen molar-refractivity contribution in [1.82, 2.24) is 5.43 Å². The van der Waals surface area contributed by atoms with E-state index in [2.05, 4.69) is 31.2 Å². The van der Waals surface area contributed by atoms with Gasteiger partial charge in [-0.05, 0) is 24.3 Å². The Hall–Kier alpha value is -2.08. The van der Waals surface area contributed by atoms with Crippen LogP contribution in [0.1, 0.15) is 5.76 Å². The van der Waals surface area contributed by atoms with E-state index in [-0.39, 0.29) is 0 Å². The molecule has 6 heteroatoms. The van der Waals surface area contributed by atoms with Crippen LogP contribution in [0.2, 0.25) is 0 Å². The molecule has 1 aromatic carbocycles. The van der Waals surface area contributed by atoms with Crippen molar-refractivity contribution in [2.45, 2.75) is 0 Å². The number of halogens is 1. The van der Waals surface area contributed by atoms with Gasteiger partial charge in [0.2, 0.25) is 0 Å². The number of hydrogen-bond donors (Lipinski definition) is 1. The molecule has 1 amide bonds. The first-order chi connectivity index (χ1) is 9.19. The van der Waals surface area contributed by atoms with Crippen LogP contribution >= 0.6 is 15.9 Å². The van der Waals surface area contributed by atoms with Crippen LogP contribution in [0.4, 0.5) is 4.79 Å². The summed E-state index contributed by atoms with van der Waals surface area (Å²) in [5.41, 5.74) is 3.14. The standard InChI is InChI=1S/C13H11BrN2O3/c1-18-13(17)16-15-8-11-6-7-12(19-11)9-2-4-10(14)5-3-9/h2-8H,1H3,(H,16,17)/b15-8-. The molecular weight excluding hydrogens is 312 g/mol. The molecule has 2 rings (SSSR count). The number of nitrogens with one attached hydrogen (secondary N) is 1. The minimum absolute atomic E-state index is 0.536. The number of furan rings is 1. The number of hydrazone groups is 1. The fraction of sp³-hybridized carbons (Fsp3) is 0.0769. The van der Waals surface area contributed by atoms with Gasteiger partial charge >= 0.3 is 6.09 Å². The summed E-state index contributed by atoms with van der Waals surface area (Å²) in [6.45, 7) is 0. The topological polar surface area (TPSA) is 63.8 Å². The van der Waals surface area contributed by atoms with Gasteiger partial charge in [-0.25, -0.2) is 10.2 Å². The molecule has 0 aliphatic carbocycles. The highest BCUT2D eigenvalue weighted by molar-refractivity contribution is 9.10. The van der Waals surface area contributed by atoms with Crippen LogP contribution in [0, 0.1) is 0 Å². The van der Waals surface area contributed by atoms with Crippen molar-refractivity contribution in [2.75, 3.05) is 7.11 Å². The van der Waals surface area contributed by atoms with Gasteiger partial charge in [0.15, 0.2) is 0 Å². The SMILES string of the molecule is COC(=O)N/N=C\c1ccc(-c2ccc(Br)cc2)o1. The Morgan fingerprint density at radius 3 is 2.74 bits per heavy atom. The Balaban J connectivity index is 2.06. The number of ether oxygens (including phenoxy) is 1. The number of nitrogens with zero attached hydrogens (tertiary/aromatic N) is 1. The third-order valence-corrected chi connectivity index (χ3v) is 2.82. The van der Waals surface area contributed by atoms with Gasteiger partial charge in [-0.2, -0.15) is 5.10 Å². The van der Waals surface area contributed by atoms with E-state index in [1.165, 1.54) is 13.3 Å². The van der Waals surface area contributed by atoms with Crippen LogP contribution in [-0.2, 0) is 4.74 Å². The van der Waals surface area contributed by atoms with Gasteiger partial charge in [0.05, 0.1) is 13.3 Å². The maximum atomic E-state index is 10.8. The van der Waals surface area contributed by atoms with Crippen molar-refractivity contribution in [2.24, 2.45) is 5.10 Å². The van der Waals surface area contributed by atoms with Crippen LogP contribution in [0.5, 0.6) is 0 Å². The van der Waals surface area contributed by atoms with Crippen molar-refractivity contribution in [3.05, 3.63) is 46.6 Å². The van der Waals surface area contributed by atoms with Crippen molar-refractivity contribution in [3.8, 4) is 11.3 Å². The zero-order valence-electron chi connectivity index (χ0n) is 10.1. The van der Waals surface area contributed by atoms with Crippen molar-refractivity contribution < 1.29 is 13.9 Å². The third-order valence-electron chi connectivity index (χ3n) is 2.29. The second-order valence-corrected chi connectivity index (χ2v) is 4.49. The smallest absolute Gasteiger partial charge is 0.427 e. The van der Waals surface area contributed by atoms with Gasteiger partial charge in [0.1, 0.15) is 11.5 Å². The first-order valence-corrected chi connectivity index (χ1v) is 6.21. The van der Waals surface area contributed by atoms with Crippen molar-refractivity contribution in [3.63, 3.8) is 0 Å². The number of benzene rings is 1. The highest BCUT2D eigenvalue weighted by Crippen LogP contribution is 2.23. The molecule has 0 fully saturated rings. The van der Waals surface area contributed by atoms with E-state index in [9.17, 15) is 4.79 Å². The monoisotopic (exact) mass is 322 g/mol. The van der Waals surface area contributed by atoms with Crippen molar-refractivity contribution >= 4 is 28.2 Å². The molecule has 0 aliphatic heterocycles. The quantitative estimate of drug-likeness (QED) is 0.695. The average Bonchev–Trinajstić information content (AvgIpc) is 2.88. The Labute approximate surface area is 118 Å². The maximum absolute atomic E-state index is 10.8. The lowest BCUT2D eigenvalue weighted by atomic mass is 10.2. The normalized spacial score (nSPS) is 10.6. The number of rotatable bonds is 3. The fourth-order valence-corrected chi connectivity index (χ4v) is 1.65. The molecule has 0 spiro atoms. The van der Waals surface area contributed by atoms with Crippen LogP contribution in [0.25, 0.3) is 11.3 Å². The first kappa shape index (κ1) is 13.4. The van der Waals surface area contributed by atoms with Crippen molar-refractivity contribution in [1.29, 1.82) is 0 Å². The van der Waals surface area contributed by atoms with Crippen LogP contribution in [-0.4, -0.2) is 19.4 Å². The van der Waals surface area contributed by atoms with Crippen LogP contribution in [0.3, 0.4) is 0 Å². The van der Waals surface area contributed by atoms with Gasteiger partial charge < -0.3 is 9.15 Å². The zero-order chi connectivity index (χ0) is 13.7. The minimum atomic E-state index is -0.629. The Kier molecular flexibility index (Phi) is 4.35. The summed E-state index contributed by atoms with van der Waals surface area (Å²) in [5.74, 6) is 1.27. The lowest BCUT2D eigenvalue weighted by molar-refractivity contribution is 0.171. The molecule has 1 N–H and O–H groups in total. The van der Waals surface area contributed by atoms with Gasteiger partial charge in [0, 0.05) is 10.0 Å². The second-order valence-electron chi connectivity index (χ2n) is 3.57. The molecule has 0 unspecified atom stereocenters. The lowest BCUT2D eigenvalue weighted by Crippen LogP contribution is -2.16. The van der Waals surface area contributed by atoms with Gasteiger partial charge in [-0.3, -0.25) is 0 Å². The highest BCUT2D eigenvalue weighted by atomic mass is 79.9. The number of amides is 1. The minimum Gasteiger partial charge on any atom is -0.455 e. The molecule has 19 heavy (non-hydrogen) atoms. The first-order valence-electron chi connectivity index (χ1n) is 5.42. The molecular formula is C13H11BrN2O3. The molecule has 0 atom stereocenters. The van der Waals surface area contributed by atoms with Gasteiger partial charge in [-0.1, -0.05) is 28.1 Å². The molecule has 1 aromatic heterocycles. The Morgan fingerprint density at radius 1 is 1.32 bits per heavy atom. The predicted molar refractivity (Wildman–Crippen MR) is 75.0 cm³/mol. The third kappa shape index (κ3) is 3.69. The highest BCUT2D eigenvalue weighted by Gasteiger charge is 2.03. The maximum Gasteiger partial charge on any atom is 0.427 e. The van der Waals surface area contributed by atoms with E-state index < -0.39 is 6.09 Å². The summed E-state index contributed by atoms with van der Waals surface area (Å²) in [4.78, 5) is 10.8. The molecule has 2 aromatic rings. The number of methoxy groups -OCH3 is 1. The zero-order valence-corrected chi connectivity index (χ0v) is 11.7. The Morgan fingerprint density at radius 2 is 2.05 bits per heavy atom. The van der Waals surface area contributed by atoms with E-state index in [0.717, 1.165) is 15.8 Å². The molecule has 0 bridgehead atoms. The summed E-state index contributed by atoms with van der Waals surface area (Å²) in [6, 6.07) is 11.4. The summed E-state index contributed by atoms with van der Waals surface area (Å²) in [7, 11) is 1.27. The summed E-state index contributed by atoms with van der Waals surface area (Å²) in [5, 5.41) is 3.68. The molecule has 0 saturated carbocycles. The average molecular weight is 323 g/mol. The predicted octanol–water partition coefficient (Wildman–Crippen LogP) is 3.40. The van der Waals surface area contributed by atoms with E-state index >= 15 is 0 Å². The molecule has 5 nitrogen and oxygen atoms in total. The fourth-order valence-electron chi connectivity index (χ4n) is 1.39. The van der Waals surface area contributed by atoms with E-state index in [1.54, 1.807) is 6.07 Å². The number of carbonyl (C=O) groups excluding carboxylic acids is 1. The molecule has 0 aliphatic rings. The molecule has 98 valence electrons. The van der Waals surface area contributed by atoms with E-state index in [4.69, 9.17) is 4.42 Å².